The summed E-state index contributed by atoms with van der Waals surface area (Å²) in [5, 5.41) is 21.5. The number of halogens is 5. The number of carbonyl (C=O) groups is 1. The van der Waals surface area contributed by atoms with Crippen LogP contribution in [0.15, 0.2) is 40.5 Å². The molecule has 6 rings (SSSR count). The van der Waals surface area contributed by atoms with E-state index in [0.717, 1.165) is 17.4 Å². The third-order valence-electron chi connectivity index (χ3n) is 8.90. The zero-order chi connectivity index (χ0) is 36.6. The van der Waals surface area contributed by atoms with E-state index in [0.29, 0.717) is 58.5 Å². The lowest BCUT2D eigenvalue weighted by Crippen LogP contribution is -2.44. The first-order chi connectivity index (χ1) is 24.3. The van der Waals surface area contributed by atoms with Gasteiger partial charge in [0.25, 0.3) is 5.56 Å². The molecular weight excluding hydrogens is 712 g/mol. The van der Waals surface area contributed by atoms with E-state index in [1.807, 2.05) is 18.0 Å². The van der Waals surface area contributed by atoms with E-state index in [1.54, 1.807) is 24.3 Å². The minimum Gasteiger partial charge on any atom is -0.491 e. The minimum atomic E-state index is -4.78. The Morgan fingerprint density at radius 1 is 1.14 bits per heavy atom. The summed E-state index contributed by atoms with van der Waals surface area (Å²) < 4.78 is 64.4. The van der Waals surface area contributed by atoms with E-state index in [2.05, 4.69) is 14.9 Å². The molecule has 16 heteroatoms. The third-order valence-corrected chi connectivity index (χ3v) is 10.1. The van der Waals surface area contributed by atoms with Crippen molar-refractivity contribution in [3.05, 3.63) is 84.9 Å². The Morgan fingerprint density at radius 3 is 2.55 bits per heavy atom. The molecule has 1 aliphatic rings. The van der Waals surface area contributed by atoms with Gasteiger partial charge < -0.3 is 14.7 Å². The standard InChI is InChI=1S/C35H31ClF4N6O4S/c1-19-42-28-15-27(35(38,39)40)25(17-45-9-7-44(2)8-10-45)24(16-41)30(28)33(47)46(19)11-12-50-29-4-3-20(36)13-22(29)23-14-21(5-6-37)43-31-26(34(48)49)18-51-32(23)31/h3-4,13-15,18H,5-12,17H2,1-2H3,(H,48,49). The number of aryl methyl sites for hydroxylation is 2. The zero-order valence-electron chi connectivity index (χ0n) is 27.5. The Kier molecular flexibility index (Phi) is 10.3. The number of hydrogen-bond donors (Lipinski definition) is 1. The van der Waals surface area contributed by atoms with Crippen molar-refractivity contribution >= 4 is 50.0 Å². The number of piperazine rings is 1. The predicted molar refractivity (Wildman–Crippen MR) is 185 cm³/mol. The topological polar surface area (TPSA) is 125 Å². The van der Waals surface area contributed by atoms with Crippen LogP contribution in [0.25, 0.3) is 32.2 Å². The SMILES string of the molecule is Cc1nc2cc(C(F)(F)F)c(CN3CCN(C)CC3)c(C#N)c2c(=O)n1CCOc1ccc(Cl)cc1-c1cc(CCF)nc2c(C(=O)O)csc12. The van der Waals surface area contributed by atoms with Gasteiger partial charge in [0.05, 0.1) is 51.0 Å². The smallest absolute Gasteiger partial charge is 0.416 e. The Labute approximate surface area is 298 Å². The summed E-state index contributed by atoms with van der Waals surface area (Å²) in [5.41, 5.74) is -0.956. The van der Waals surface area contributed by atoms with Crippen molar-refractivity contribution in [1.29, 1.82) is 5.26 Å². The molecule has 0 spiro atoms. The number of aromatic nitrogens is 3. The number of thiophene rings is 1. The molecule has 0 atom stereocenters. The van der Waals surface area contributed by atoms with Gasteiger partial charge in [0.15, 0.2) is 0 Å². The van der Waals surface area contributed by atoms with Crippen molar-refractivity contribution in [2.75, 3.05) is 46.5 Å². The minimum absolute atomic E-state index is 0.0223. The first kappa shape index (κ1) is 36.2. The molecule has 4 heterocycles. The lowest BCUT2D eigenvalue weighted by atomic mass is 9.96. The fourth-order valence-electron chi connectivity index (χ4n) is 6.29. The molecule has 5 aromatic rings. The molecular formula is C35H31ClF4N6O4S. The second kappa shape index (κ2) is 14.5. The average Bonchev–Trinajstić information content (AvgIpc) is 3.51. The van der Waals surface area contributed by atoms with Crippen molar-refractivity contribution in [3.63, 3.8) is 0 Å². The van der Waals surface area contributed by atoms with Crippen LogP contribution >= 0.6 is 22.9 Å². The Morgan fingerprint density at radius 2 is 1.88 bits per heavy atom. The molecule has 1 saturated heterocycles. The van der Waals surface area contributed by atoms with Gasteiger partial charge in [0.1, 0.15) is 24.3 Å². The molecule has 0 aliphatic carbocycles. The van der Waals surface area contributed by atoms with E-state index in [1.165, 1.54) is 16.9 Å². The maximum Gasteiger partial charge on any atom is 0.416 e. The summed E-state index contributed by atoms with van der Waals surface area (Å²) in [6, 6.07) is 9.22. The maximum atomic E-state index is 14.4. The number of aromatic carboxylic acids is 1. The fraction of sp³-hybridized carbons (Fsp3) is 0.343. The highest BCUT2D eigenvalue weighted by atomic mass is 35.5. The van der Waals surface area contributed by atoms with Gasteiger partial charge in [0, 0.05) is 66.4 Å². The highest BCUT2D eigenvalue weighted by Gasteiger charge is 2.37. The van der Waals surface area contributed by atoms with Crippen molar-refractivity contribution in [3.8, 4) is 22.9 Å². The molecule has 266 valence electrons. The van der Waals surface area contributed by atoms with E-state index in [9.17, 15) is 37.5 Å². The molecule has 2 aromatic carbocycles. The number of carboxylic acids is 1. The van der Waals surface area contributed by atoms with E-state index in [4.69, 9.17) is 16.3 Å². The lowest BCUT2D eigenvalue weighted by Gasteiger charge is -2.33. The summed E-state index contributed by atoms with van der Waals surface area (Å²) in [4.78, 5) is 38.5. The molecule has 0 radical (unpaired) electrons. The maximum absolute atomic E-state index is 14.4. The van der Waals surface area contributed by atoms with Crippen LogP contribution in [-0.4, -0.2) is 81.9 Å². The second-order valence-electron chi connectivity index (χ2n) is 12.2. The van der Waals surface area contributed by atoms with Crippen LogP contribution in [0.5, 0.6) is 5.75 Å². The summed E-state index contributed by atoms with van der Waals surface area (Å²) in [5.74, 6) is -0.724. The molecule has 1 fully saturated rings. The highest BCUT2D eigenvalue weighted by molar-refractivity contribution is 7.18. The van der Waals surface area contributed by atoms with Crippen LogP contribution in [0.2, 0.25) is 5.02 Å². The molecule has 0 amide bonds. The predicted octanol–water partition coefficient (Wildman–Crippen LogP) is 6.56. The van der Waals surface area contributed by atoms with E-state index >= 15 is 0 Å². The molecule has 1 N–H and O–H groups in total. The number of carboxylic acid groups (broad SMARTS) is 1. The second-order valence-corrected chi connectivity index (χ2v) is 13.5. The zero-order valence-corrected chi connectivity index (χ0v) is 29.1. The van der Waals surface area contributed by atoms with Gasteiger partial charge in [0.2, 0.25) is 0 Å². The monoisotopic (exact) mass is 742 g/mol. The van der Waals surface area contributed by atoms with Crippen LogP contribution in [0.1, 0.15) is 38.6 Å². The Hall–Kier alpha value is -4.62. The van der Waals surface area contributed by atoms with Crippen molar-refractivity contribution in [2.24, 2.45) is 0 Å². The molecule has 51 heavy (non-hydrogen) atoms. The van der Waals surface area contributed by atoms with Gasteiger partial charge in [-0.1, -0.05) is 11.6 Å². The highest BCUT2D eigenvalue weighted by Crippen LogP contribution is 2.41. The normalized spacial score (nSPS) is 14.3. The molecule has 3 aromatic heterocycles. The Balaban J connectivity index is 1.37. The largest absolute Gasteiger partial charge is 0.491 e. The van der Waals surface area contributed by atoms with Crippen molar-refractivity contribution < 1.29 is 32.2 Å². The van der Waals surface area contributed by atoms with Crippen LogP contribution in [0, 0.1) is 18.3 Å². The summed E-state index contributed by atoms with van der Waals surface area (Å²) in [6.07, 6.45) is -4.82. The quantitative estimate of drug-likeness (QED) is 0.159. The number of benzene rings is 2. The number of hydrogen-bond acceptors (Lipinski definition) is 9. The van der Waals surface area contributed by atoms with Gasteiger partial charge in [-0.15, -0.1) is 11.3 Å². The van der Waals surface area contributed by atoms with Crippen molar-refractivity contribution in [1.82, 2.24) is 24.3 Å². The summed E-state index contributed by atoms with van der Waals surface area (Å²) in [6.45, 7) is 2.78. The van der Waals surface area contributed by atoms with Crippen LogP contribution in [0.4, 0.5) is 17.6 Å². The van der Waals surface area contributed by atoms with Gasteiger partial charge in [-0.3, -0.25) is 23.6 Å². The number of pyridine rings is 1. The number of fused-ring (bicyclic) bond motifs is 2. The van der Waals surface area contributed by atoms with Crippen LogP contribution < -0.4 is 10.3 Å². The van der Waals surface area contributed by atoms with Gasteiger partial charge >= 0.3 is 12.1 Å². The Bertz CT molecular complexity index is 2260. The first-order valence-electron chi connectivity index (χ1n) is 15.9. The van der Waals surface area contributed by atoms with Crippen LogP contribution in [0.3, 0.4) is 0 Å². The number of nitriles is 1. The number of ether oxygens (including phenoxy) is 1. The molecule has 0 unspecified atom stereocenters. The number of alkyl halides is 4. The molecule has 0 saturated carbocycles. The van der Waals surface area contributed by atoms with E-state index < -0.39 is 29.9 Å². The fourth-order valence-corrected chi connectivity index (χ4v) is 7.47. The van der Waals surface area contributed by atoms with E-state index in [-0.39, 0.29) is 65.1 Å². The molecule has 10 nitrogen and oxygen atoms in total. The van der Waals surface area contributed by atoms with Crippen LogP contribution in [-0.2, 0) is 25.7 Å². The number of rotatable bonds is 10. The van der Waals surface area contributed by atoms with Gasteiger partial charge in [-0.25, -0.2) is 9.78 Å². The number of nitrogens with zero attached hydrogens (tertiary/aromatic N) is 6. The first-order valence-corrected chi connectivity index (χ1v) is 17.1. The molecule has 0 bridgehead atoms. The molecule has 1 aliphatic heterocycles. The van der Waals surface area contributed by atoms with Gasteiger partial charge in [-0.2, -0.15) is 18.4 Å². The third kappa shape index (κ3) is 7.27. The van der Waals surface area contributed by atoms with Gasteiger partial charge in [-0.05, 0) is 49.9 Å². The summed E-state index contributed by atoms with van der Waals surface area (Å²) >= 11 is 7.53. The summed E-state index contributed by atoms with van der Waals surface area (Å²) in [7, 11) is 1.92. The number of likely N-dealkylation sites (N-methyl/N-ethyl adjacent to an activating group) is 1. The average molecular weight is 743 g/mol. The van der Waals surface area contributed by atoms with Crippen molar-refractivity contribution in [2.45, 2.75) is 32.6 Å². The lowest BCUT2D eigenvalue weighted by molar-refractivity contribution is -0.138.